The third kappa shape index (κ3) is 7.16. The molecule has 7 nitrogen and oxygen atoms in total. The minimum absolute atomic E-state index is 0.111. The first-order valence-corrected chi connectivity index (χ1v) is 13.9. The van der Waals surface area contributed by atoms with Gasteiger partial charge in [0.25, 0.3) is 11.7 Å². The summed E-state index contributed by atoms with van der Waals surface area (Å²) in [5.41, 5.74) is 1.35. The summed E-state index contributed by atoms with van der Waals surface area (Å²) in [6.45, 7) is 12.7. The number of Topliss-reactive ketones (excluding diaryl/α,β-unsaturated/α-hetero) is 1. The summed E-state index contributed by atoms with van der Waals surface area (Å²) in [5.74, 6) is 0.0101. The maximum absolute atomic E-state index is 13.3. The van der Waals surface area contributed by atoms with Crippen molar-refractivity contribution < 1.29 is 24.2 Å². The molecule has 1 saturated heterocycles. The second-order valence-corrected chi connectivity index (χ2v) is 9.52. The number of carbonyl (C=O) groups excluding carboxylic acids is 2. The molecule has 2 aromatic carbocycles. The average molecular weight is 523 g/mol. The molecule has 1 amide bonds. The Labute approximate surface area is 227 Å². The Morgan fingerprint density at radius 3 is 2.03 bits per heavy atom. The fourth-order valence-corrected chi connectivity index (χ4v) is 4.63. The van der Waals surface area contributed by atoms with Crippen molar-refractivity contribution >= 4 is 17.4 Å². The molecule has 0 aliphatic carbocycles. The van der Waals surface area contributed by atoms with Crippen molar-refractivity contribution in [1.29, 1.82) is 0 Å². The second-order valence-electron chi connectivity index (χ2n) is 9.52. The van der Waals surface area contributed by atoms with Crippen LogP contribution in [0.25, 0.3) is 5.76 Å². The second kappa shape index (κ2) is 14.6. The molecule has 2 aromatic rings. The highest BCUT2D eigenvalue weighted by Gasteiger charge is 2.45. The molecule has 0 bridgehead atoms. The van der Waals surface area contributed by atoms with Crippen LogP contribution in [0.15, 0.2) is 54.1 Å². The molecular formula is C31H42N2O5. The molecule has 0 unspecified atom stereocenters. The summed E-state index contributed by atoms with van der Waals surface area (Å²) >= 11 is 0. The van der Waals surface area contributed by atoms with E-state index in [1.165, 1.54) is 0 Å². The predicted molar refractivity (Wildman–Crippen MR) is 150 cm³/mol. The number of likely N-dealkylation sites (tertiary alicyclic amines) is 1. The number of unbranched alkanes of at least 4 members (excludes halogenated alkanes) is 1. The van der Waals surface area contributed by atoms with Crippen molar-refractivity contribution in [3.8, 4) is 11.5 Å². The van der Waals surface area contributed by atoms with Crippen LogP contribution < -0.4 is 9.47 Å². The van der Waals surface area contributed by atoms with E-state index in [1.807, 2.05) is 31.2 Å². The van der Waals surface area contributed by atoms with Gasteiger partial charge in [0.2, 0.25) is 0 Å². The van der Waals surface area contributed by atoms with E-state index < -0.39 is 17.7 Å². The van der Waals surface area contributed by atoms with Gasteiger partial charge in [-0.1, -0.05) is 46.2 Å². The monoisotopic (exact) mass is 522 g/mol. The maximum atomic E-state index is 13.3. The van der Waals surface area contributed by atoms with Gasteiger partial charge in [-0.25, -0.2) is 0 Å². The van der Waals surface area contributed by atoms with E-state index >= 15 is 0 Å². The van der Waals surface area contributed by atoms with E-state index in [4.69, 9.17) is 9.47 Å². The van der Waals surface area contributed by atoms with Crippen molar-refractivity contribution in [3.63, 3.8) is 0 Å². The fraction of sp³-hybridized carbons (Fsp3) is 0.484. The van der Waals surface area contributed by atoms with E-state index in [0.717, 1.165) is 56.6 Å². The first-order valence-electron chi connectivity index (χ1n) is 13.9. The topological polar surface area (TPSA) is 79.3 Å². The van der Waals surface area contributed by atoms with E-state index in [-0.39, 0.29) is 11.3 Å². The van der Waals surface area contributed by atoms with Crippen LogP contribution >= 0.6 is 0 Å². The fourth-order valence-electron chi connectivity index (χ4n) is 4.63. The molecule has 0 radical (unpaired) electrons. The quantitative estimate of drug-likeness (QED) is 0.138. The Kier molecular flexibility index (Phi) is 11.2. The molecule has 1 aliphatic rings. The average Bonchev–Trinajstić information content (AvgIpc) is 3.19. The smallest absolute Gasteiger partial charge is 0.295 e. The number of ketones is 1. The van der Waals surface area contributed by atoms with Gasteiger partial charge in [0.05, 0.1) is 24.8 Å². The maximum Gasteiger partial charge on any atom is 0.295 e. The molecule has 7 heteroatoms. The van der Waals surface area contributed by atoms with Crippen molar-refractivity contribution in [3.05, 3.63) is 65.2 Å². The number of ether oxygens (including phenoxy) is 2. The van der Waals surface area contributed by atoms with Gasteiger partial charge in [-0.05, 0) is 80.9 Å². The van der Waals surface area contributed by atoms with Crippen LogP contribution in [-0.4, -0.2) is 66.0 Å². The largest absolute Gasteiger partial charge is 0.507 e. The lowest BCUT2D eigenvalue weighted by atomic mass is 9.95. The van der Waals surface area contributed by atoms with E-state index in [0.29, 0.717) is 31.1 Å². The Morgan fingerprint density at radius 1 is 0.842 bits per heavy atom. The Bertz CT molecular complexity index is 1070. The third-order valence-corrected chi connectivity index (χ3v) is 6.87. The van der Waals surface area contributed by atoms with E-state index in [1.54, 1.807) is 29.2 Å². The highest BCUT2D eigenvalue weighted by Crippen LogP contribution is 2.40. The summed E-state index contributed by atoms with van der Waals surface area (Å²) in [5, 5.41) is 11.3. The van der Waals surface area contributed by atoms with Gasteiger partial charge < -0.3 is 24.4 Å². The van der Waals surface area contributed by atoms with Crippen LogP contribution in [0.3, 0.4) is 0 Å². The Balaban J connectivity index is 1.95. The number of aliphatic hydroxyl groups is 1. The molecule has 1 aliphatic heterocycles. The van der Waals surface area contributed by atoms with Crippen LogP contribution in [0.2, 0.25) is 0 Å². The SMILES string of the molecule is CCCCOc1ccc([C@H]2C(=C(O)c3ccc(OCCC)cc3)C(=O)C(=O)N2CCCN(CC)CC)cc1. The summed E-state index contributed by atoms with van der Waals surface area (Å²) < 4.78 is 11.5. The molecule has 1 N–H and O–H groups in total. The molecule has 1 atom stereocenters. The first-order chi connectivity index (χ1) is 18.4. The van der Waals surface area contributed by atoms with E-state index in [2.05, 4.69) is 25.7 Å². The van der Waals surface area contributed by atoms with Crippen LogP contribution in [0.5, 0.6) is 11.5 Å². The zero-order valence-corrected chi connectivity index (χ0v) is 23.2. The molecule has 1 fully saturated rings. The molecule has 206 valence electrons. The number of hydrogen-bond donors (Lipinski definition) is 1. The number of rotatable bonds is 15. The number of carbonyl (C=O) groups is 2. The summed E-state index contributed by atoms with van der Waals surface area (Å²) in [6, 6.07) is 13.8. The minimum Gasteiger partial charge on any atom is -0.507 e. The van der Waals surface area contributed by atoms with Gasteiger partial charge in [0, 0.05) is 12.1 Å². The van der Waals surface area contributed by atoms with Crippen LogP contribution in [0.1, 0.15) is 70.5 Å². The number of nitrogens with zero attached hydrogens (tertiary/aromatic N) is 2. The highest BCUT2D eigenvalue weighted by atomic mass is 16.5. The standard InChI is InChI=1S/C31H42N2O5/c1-5-9-22-38-26-15-11-23(12-16-26)28-27(29(34)24-13-17-25(18-14-24)37-21-6-2)30(35)31(36)33(28)20-10-19-32(7-3)8-4/h11-18,28,34H,5-10,19-22H2,1-4H3/t28-/m0/s1. The molecular weight excluding hydrogens is 480 g/mol. The summed E-state index contributed by atoms with van der Waals surface area (Å²) in [4.78, 5) is 30.4. The molecule has 0 saturated carbocycles. The molecule has 3 rings (SSSR count). The van der Waals surface area contributed by atoms with Crippen LogP contribution in [-0.2, 0) is 9.59 Å². The van der Waals surface area contributed by atoms with Crippen LogP contribution in [0.4, 0.5) is 0 Å². The van der Waals surface area contributed by atoms with Crippen molar-refractivity contribution in [1.82, 2.24) is 9.80 Å². The predicted octanol–water partition coefficient (Wildman–Crippen LogP) is 5.81. The van der Waals surface area contributed by atoms with Gasteiger partial charge in [0.1, 0.15) is 17.3 Å². The first kappa shape index (κ1) is 29.2. The normalized spacial score (nSPS) is 16.9. The van der Waals surface area contributed by atoms with Crippen molar-refractivity contribution in [2.75, 3.05) is 39.4 Å². The van der Waals surface area contributed by atoms with Crippen molar-refractivity contribution in [2.24, 2.45) is 0 Å². The Hall–Kier alpha value is -3.32. The van der Waals surface area contributed by atoms with Gasteiger partial charge in [-0.2, -0.15) is 0 Å². The van der Waals surface area contributed by atoms with Crippen LogP contribution in [0, 0.1) is 0 Å². The molecule has 38 heavy (non-hydrogen) atoms. The number of amides is 1. The third-order valence-electron chi connectivity index (χ3n) is 6.87. The summed E-state index contributed by atoms with van der Waals surface area (Å²) in [6.07, 6.45) is 3.64. The lowest BCUT2D eigenvalue weighted by Crippen LogP contribution is -2.33. The minimum atomic E-state index is -0.674. The zero-order valence-electron chi connectivity index (χ0n) is 23.2. The number of benzene rings is 2. The molecule has 1 heterocycles. The highest BCUT2D eigenvalue weighted by molar-refractivity contribution is 6.46. The van der Waals surface area contributed by atoms with Gasteiger partial charge >= 0.3 is 0 Å². The Morgan fingerprint density at radius 2 is 1.45 bits per heavy atom. The lowest BCUT2D eigenvalue weighted by molar-refractivity contribution is -0.140. The lowest BCUT2D eigenvalue weighted by Gasteiger charge is -2.27. The summed E-state index contributed by atoms with van der Waals surface area (Å²) in [7, 11) is 0. The molecule has 0 spiro atoms. The zero-order chi connectivity index (χ0) is 27.5. The van der Waals surface area contributed by atoms with Crippen molar-refractivity contribution in [2.45, 2.75) is 59.4 Å². The van der Waals surface area contributed by atoms with E-state index in [9.17, 15) is 14.7 Å². The van der Waals surface area contributed by atoms with Gasteiger partial charge in [-0.15, -0.1) is 0 Å². The van der Waals surface area contributed by atoms with Gasteiger partial charge in [-0.3, -0.25) is 9.59 Å². The van der Waals surface area contributed by atoms with Gasteiger partial charge in [0.15, 0.2) is 0 Å². The number of hydrogen-bond acceptors (Lipinski definition) is 6. The molecule has 0 aromatic heterocycles. The number of aliphatic hydroxyl groups excluding tert-OH is 1.